The molecule has 250 valence electrons. The molecule has 0 aromatic heterocycles. The van der Waals surface area contributed by atoms with Crippen molar-refractivity contribution in [1.82, 2.24) is 20.3 Å². The van der Waals surface area contributed by atoms with Gasteiger partial charge in [0.05, 0.1) is 5.69 Å². The number of hydrogen-bond acceptors (Lipinski definition) is 7. The Kier molecular flexibility index (Phi) is 12.7. The number of carbonyl (C=O) groups is 4. The van der Waals surface area contributed by atoms with Gasteiger partial charge in [0.1, 0.15) is 23.2 Å². The molecule has 3 rings (SSSR count). The van der Waals surface area contributed by atoms with Crippen molar-refractivity contribution in [3.8, 4) is 0 Å². The van der Waals surface area contributed by atoms with Gasteiger partial charge in [-0.05, 0) is 90.3 Å². The lowest BCUT2D eigenvalue weighted by Crippen LogP contribution is -2.63. The van der Waals surface area contributed by atoms with E-state index in [0.29, 0.717) is 43.7 Å². The van der Waals surface area contributed by atoms with Crippen molar-refractivity contribution in [2.24, 2.45) is 0 Å². The quantitative estimate of drug-likeness (QED) is 0.323. The van der Waals surface area contributed by atoms with Crippen molar-refractivity contribution in [2.75, 3.05) is 11.3 Å². The minimum Gasteiger partial charge on any atom is -0.444 e. The first-order valence-corrected chi connectivity index (χ1v) is 17.4. The average molecular weight is 668 g/mol. The standard InChI is InChI=1S/C31H46ClN5O7S/c1-5-31(28(40)36-45(42,43)35-23-16-13-15-22(32)21-23)19-12-10-8-6-7-9-11-17-24(33-29(41)44-30(2,3)4)27(39)37-20-14-18-25(37)26(38)34-31/h8,10,13,15-16,21,24-25,35H,5-7,9,11-12,14,17-20H2,1-4H3,(H,33,41)(H,34,38)(H,36,40)/b10-8-/t24-,25-,31-/m0/s1. The third kappa shape index (κ3) is 10.9. The molecule has 2 aliphatic heterocycles. The molecule has 0 spiro atoms. The molecule has 1 aromatic carbocycles. The first-order valence-electron chi connectivity index (χ1n) is 15.5. The van der Waals surface area contributed by atoms with Crippen LogP contribution in [0.25, 0.3) is 0 Å². The van der Waals surface area contributed by atoms with Gasteiger partial charge in [-0.2, -0.15) is 8.42 Å². The van der Waals surface area contributed by atoms with Gasteiger partial charge in [0.15, 0.2) is 0 Å². The third-order valence-electron chi connectivity index (χ3n) is 7.80. The van der Waals surface area contributed by atoms with Gasteiger partial charge in [0.25, 0.3) is 5.91 Å². The van der Waals surface area contributed by atoms with E-state index in [1.54, 1.807) is 39.8 Å². The molecule has 14 heteroatoms. The molecule has 0 bridgehead atoms. The highest BCUT2D eigenvalue weighted by molar-refractivity contribution is 7.91. The Hall–Kier alpha value is -3.32. The number of allylic oxidation sites excluding steroid dienone is 2. The lowest BCUT2D eigenvalue weighted by atomic mass is 9.88. The predicted octanol–water partition coefficient (Wildman–Crippen LogP) is 4.56. The molecular formula is C31H46ClN5O7S. The maximum atomic E-state index is 13.8. The Morgan fingerprint density at radius 1 is 1.09 bits per heavy atom. The predicted molar refractivity (Wildman–Crippen MR) is 173 cm³/mol. The van der Waals surface area contributed by atoms with Crippen molar-refractivity contribution < 1.29 is 32.3 Å². The van der Waals surface area contributed by atoms with Crippen LogP contribution in [0.3, 0.4) is 0 Å². The van der Waals surface area contributed by atoms with Crippen molar-refractivity contribution in [1.29, 1.82) is 0 Å². The van der Waals surface area contributed by atoms with E-state index in [1.807, 2.05) is 12.2 Å². The van der Waals surface area contributed by atoms with Gasteiger partial charge >= 0.3 is 16.3 Å². The molecule has 0 aliphatic carbocycles. The zero-order valence-corrected chi connectivity index (χ0v) is 28.1. The van der Waals surface area contributed by atoms with Crippen molar-refractivity contribution >= 4 is 51.3 Å². The Balaban J connectivity index is 1.87. The molecule has 1 fully saturated rings. The van der Waals surface area contributed by atoms with Crippen molar-refractivity contribution in [2.45, 2.75) is 115 Å². The monoisotopic (exact) mass is 667 g/mol. The second-order valence-corrected chi connectivity index (χ2v) is 14.4. The van der Waals surface area contributed by atoms with Crippen LogP contribution in [0.15, 0.2) is 36.4 Å². The molecule has 12 nitrogen and oxygen atoms in total. The van der Waals surface area contributed by atoms with Crippen LogP contribution in [-0.2, 0) is 29.3 Å². The Morgan fingerprint density at radius 3 is 2.51 bits per heavy atom. The number of nitrogens with zero attached hydrogens (tertiary/aromatic N) is 1. The molecule has 0 saturated carbocycles. The summed E-state index contributed by atoms with van der Waals surface area (Å²) in [7, 11) is -4.39. The maximum absolute atomic E-state index is 13.8. The highest BCUT2D eigenvalue weighted by Crippen LogP contribution is 2.25. The summed E-state index contributed by atoms with van der Waals surface area (Å²) < 4.78 is 35.7. The maximum Gasteiger partial charge on any atom is 0.408 e. The molecule has 1 saturated heterocycles. The fraction of sp³-hybridized carbons (Fsp3) is 0.613. The van der Waals surface area contributed by atoms with E-state index >= 15 is 0 Å². The number of halogens is 1. The van der Waals surface area contributed by atoms with Gasteiger partial charge in [-0.25, -0.2) is 9.52 Å². The van der Waals surface area contributed by atoms with Gasteiger partial charge in [-0.1, -0.05) is 49.6 Å². The molecule has 2 heterocycles. The van der Waals surface area contributed by atoms with E-state index in [-0.39, 0.29) is 18.5 Å². The Bertz CT molecular complexity index is 1360. The average Bonchev–Trinajstić information content (AvgIpc) is 3.43. The molecule has 0 unspecified atom stereocenters. The van der Waals surface area contributed by atoms with Crippen LogP contribution in [0.2, 0.25) is 5.02 Å². The SMILES string of the molecule is CC[C@@]1(C(=O)NS(=O)(=O)Nc2cccc(Cl)c2)CC/C=C\CCCCC[C@H](NC(=O)OC(C)(C)C)C(=O)N2CCC[C@H]2C(=O)N1. The molecule has 4 amide bonds. The normalized spacial score (nSPS) is 24.6. The number of amides is 4. The zero-order valence-electron chi connectivity index (χ0n) is 26.5. The van der Waals surface area contributed by atoms with Gasteiger partial charge in [0.2, 0.25) is 11.8 Å². The van der Waals surface area contributed by atoms with Gasteiger partial charge < -0.3 is 20.3 Å². The molecule has 45 heavy (non-hydrogen) atoms. The summed E-state index contributed by atoms with van der Waals surface area (Å²) in [6.45, 7) is 7.19. The van der Waals surface area contributed by atoms with Crippen LogP contribution in [0.1, 0.15) is 91.9 Å². The summed E-state index contributed by atoms with van der Waals surface area (Å²) >= 11 is 5.97. The van der Waals surface area contributed by atoms with Crippen LogP contribution in [0, 0.1) is 0 Å². The Labute approximate surface area is 271 Å². The minimum atomic E-state index is -4.39. The third-order valence-corrected chi connectivity index (χ3v) is 8.99. The summed E-state index contributed by atoms with van der Waals surface area (Å²) in [5.74, 6) is -1.86. The molecule has 0 radical (unpaired) electrons. The van der Waals surface area contributed by atoms with Gasteiger partial charge in [0, 0.05) is 11.6 Å². The first kappa shape index (κ1) is 36.2. The minimum absolute atomic E-state index is 0.0919. The van der Waals surface area contributed by atoms with E-state index in [4.69, 9.17) is 16.3 Å². The van der Waals surface area contributed by atoms with E-state index in [2.05, 4.69) is 20.1 Å². The lowest BCUT2D eigenvalue weighted by molar-refractivity contribution is -0.142. The number of nitrogens with one attached hydrogen (secondary N) is 4. The fourth-order valence-corrected chi connectivity index (χ4v) is 6.61. The summed E-state index contributed by atoms with van der Waals surface area (Å²) in [6, 6.07) is 4.24. The van der Waals surface area contributed by atoms with Crippen LogP contribution < -0.4 is 20.1 Å². The topological polar surface area (TPSA) is 163 Å². The molecule has 2 aliphatic rings. The van der Waals surface area contributed by atoms with Crippen molar-refractivity contribution in [3.05, 3.63) is 41.4 Å². The van der Waals surface area contributed by atoms with Crippen molar-refractivity contribution in [3.63, 3.8) is 0 Å². The number of rotatable bonds is 6. The van der Waals surface area contributed by atoms with Crippen LogP contribution in [0.4, 0.5) is 10.5 Å². The smallest absolute Gasteiger partial charge is 0.408 e. The highest BCUT2D eigenvalue weighted by Gasteiger charge is 2.44. The first-order chi connectivity index (χ1) is 21.1. The largest absolute Gasteiger partial charge is 0.444 e. The van der Waals surface area contributed by atoms with E-state index in [0.717, 1.165) is 19.3 Å². The number of fused-ring (bicyclic) bond motifs is 1. The second-order valence-electron chi connectivity index (χ2n) is 12.5. The van der Waals surface area contributed by atoms with E-state index in [9.17, 15) is 27.6 Å². The molecular weight excluding hydrogens is 622 g/mol. The number of alkyl carbamates (subject to hydrolysis) is 1. The zero-order chi connectivity index (χ0) is 33.3. The molecule has 1 aromatic rings. The lowest BCUT2D eigenvalue weighted by Gasteiger charge is -2.35. The van der Waals surface area contributed by atoms with Crippen LogP contribution >= 0.6 is 11.6 Å². The number of hydrogen-bond donors (Lipinski definition) is 4. The van der Waals surface area contributed by atoms with Gasteiger partial charge in [-0.15, -0.1) is 0 Å². The number of ether oxygens (including phenoxy) is 1. The Morgan fingerprint density at radius 2 is 1.82 bits per heavy atom. The van der Waals surface area contributed by atoms with E-state index < -0.39 is 57.2 Å². The number of carbonyl (C=O) groups excluding carboxylic acids is 4. The molecule has 3 atom stereocenters. The highest BCUT2D eigenvalue weighted by atomic mass is 35.5. The van der Waals surface area contributed by atoms with Crippen LogP contribution in [0.5, 0.6) is 0 Å². The number of benzene rings is 1. The molecule has 4 N–H and O–H groups in total. The summed E-state index contributed by atoms with van der Waals surface area (Å²) in [5, 5.41) is 5.85. The number of anilines is 1. The fourth-order valence-electron chi connectivity index (χ4n) is 5.49. The van der Waals surface area contributed by atoms with E-state index in [1.165, 1.54) is 17.0 Å². The summed E-state index contributed by atoms with van der Waals surface area (Å²) in [5.41, 5.74) is -2.18. The van der Waals surface area contributed by atoms with Crippen LogP contribution in [-0.4, -0.2) is 66.9 Å². The summed E-state index contributed by atoms with van der Waals surface area (Å²) in [6.07, 6.45) is 8.27. The summed E-state index contributed by atoms with van der Waals surface area (Å²) in [4.78, 5) is 55.4. The van der Waals surface area contributed by atoms with Gasteiger partial charge in [-0.3, -0.25) is 19.1 Å². The second kappa shape index (κ2) is 15.8.